The van der Waals surface area contributed by atoms with Crippen LogP contribution in [0, 0.1) is 10.1 Å². The Balaban J connectivity index is 2.65. The number of ether oxygens (including phenoxy) is 2. The highest BCUT2D eigenvalue weighted by atomic mass is 16.6. The standard InChI is InChI=1S/C12H18N2O5/c1-18-8-11(15)7-13-6-9-5-10(14(16)17)3-4-12(9)19-2/h3-5,11,13,15H,6-8H2,1-2H3. The minimum atomic E-state index is -0.616. The van der Waals surface area contributed by atoms with Gasteiger partial charge in [-0.15, -0.1) is 0 Å². The molecule has 7 heteroatoms. The summed E-state index contributed by atoms with van der Waals surface area (Å²) in [7, 11) is 3.01. The maximum atomic E-state index is 10.7. The second-order valence-corrected chi connectivity index (χ2v) is 3.99. The third-order valence-corrected chi connectivity index (χ3v) is 2.53. The van der Waals surface area contributed by atoms with Gasteiger partial charge in [-0.3, -0.25) is 10.1 Å². The van der Waals surface area contributed by atoms with Crippen molar-refractivity contribution in [3.8, 4) is 5.75 Å². The Bertz CT molecular complexity index is 425. The zero-order chi connectivity index (χ0) is 14.3. The third kappa shape index (κ3) is 4.82. The van der Waals surface area contributed by atoms with Crippen LogP contribution in [0.2, 0.25) is 0 Å². The van der Waals surface area contributed by atoms with Crippen LogP contribution in [0.4, 0.5) is 5.69 Å². The summed E-state index contributed by atoms with van der Waals surface area (Å²) in [5.41, 5.74) is 0.677. The van der Waals surface area contributed by atoms with Crippen molar-refractivity contribution < 1.29 is 19.5 Å². The molecule has 0 amide bonds. The fourth-order valence-corrected chi connectivity index (χ4v) is 1.64. The Morgan fingerprint density at radius 2 is 2.21 bits per heavy atom. The molecule has 1 rings (SSSR count). The van der Waals surface area contributed by atoms with E-state index in [1.54, 1.807) is 6.07 Å². The number of nitrogens with zero attached hydrogens (tertiary/aromatic N) is 1. The molecule has 0 heterocycles. The van der Waals surface area contributed by atoms with Gasteiger partial charge in [0.2, 0.25) is 0 Å². The van der Waals surface area contributed by atoms with E-state index >= 15 is 0 Å². The average molecular weight is 270 g/mol. The molecule has 0 spiro atoms. The van der Waals surface area contributed by atoms with Gasteiger partial charge >= 0.3 is 0 Å². The van der Waals surface area contributed by atoms with Crippen molar-refractivity contribution in [2.45, 2.75) is 12.6 Å². The van der Waals surface area contributed by atoms with Crippen LogP contribution in [0.1, 0.15) is 5.56 Å². The minimum absolute atomic E-state index is 0.00930. The number of nitro groups is 1. The van der Waals surface area contributed by atoms with E-state index in [2.05, 4.69) is 5.32 Å². The first kappa shape index (κ1) is 15.4. The summed E-state index contributed by atoms with van der Waals surface area (Å²) >= 11 is 0. The number of hydrogen-bond donors (Lipinski definition) is 2. The van der Waals surface area contributed by atoms with Crippen LogP contribution in [-0.4, -0.2) is 43.5 Å². The van der Waals surface area contributed by atoms with E-state index in [1.165, 1.54) is 26.4 Å². The van der Waals surface area contributed by atoms with Crippen LogP contribution in [-0.2, 0) is 11.3 Å². The van der Waals surface area contributed by atoms with E-state index in [0.717, 1.165) is 0 Å². The van der Waals surface area contributed by atoms with Crippen LogP contribution in [0.5, 0.6) is 5.75 Å². The summed E-state index contributed by atoms with van der Waals surface area (Å²) in [6.07, 6.45) is -0.616. The number of benzene rings is 1. The maximum absolute atomic E-state index is 10.7. The van der Waals surface area contributed by atoms with Crippen molar-refractivity contribution in [1.82, 2.24) is 5.32 Å². The lowest BCUT2D eigenvalue weighted by Crippen LogP contribution is -2.29. The van der Waals surface area contributed by atoms with Gasteiger partial charge in [0, 0.05) is 37.9 Å². The lowest BCUT2D eigenvalue weighted by molar-refractivity contribution is -0.384. The van der Waals surface area contributed by atoms with Crippen molar-refractivity contribution in [1.29, 1.82) is 0 Å². The smallest absolute Gasteiger partial charge is 0.270 e. The molecule has 7 nitrogen and oxygen atoms in total. The van der Waals surface area contributed by atoms with Gasteiger partial charge < -0.3 is 19.9 Å². The van der Waals surface area contributed by atoms with Crippen LogP contribution >= 0.6 is 0 Å². The highest BCUT2D eigenvalue weighted by Gasteiger charge is 2.11. The summed E-state index contributed by atoms with van der Waals surface area (Å²) in [5, 5.41) is 23.2. The summed E-state index contributed by atoms with van der Waals surface area (Å²) < 4.78 is 9.93. The number of nitrogens with one attached hydrogen (secondary N) is 1. The van der Waals surface area contributed by atoms with Crippen molar-refractivity contribution >= 4 is 5.69 Å². The predicted molar refractivity (Wildman–Crippen MR) is 69.2 cm³/mol. The van der Waals surface area contributed by atoms with Gasteiger partial charge in [-0.25, -0.2) is 0 Å². The van der Waals surface area contributed by atoms with Crippen molar-refractivity contribution in [2.75, 3.05) is 27.4 Å². The lowest BCUT2D eigenvalue weighted by Gasteiger charge is -2.12. The Kier molecular flexibility index (Phi) is 6.20. The number of non-ortho nitro benzene ring substituents is 1. The number of hydrogen-bond acceptors (Lipinski definition) is 6. The van der Waals surface area contributed by atoms with Gasteiger partial charge in [-0.1, -0.05) is 0 Å². The zero-order valence-electron chi connectivity index (χ0n) is 11.0. The molecule has 0 aromatic heterocycles. The zero-order valence-corrected chi connectivity index (χ0v) is 11.0. The molecule has 19 heavy (non-hydrogen) atoms. The maximum Gasteiger partial charge on any atom is 0.270 e. The number of aliphatic hydroxyl groups is 1. The Morgan fingerprint density at radius 1 is 1.47 bits per heavy atom. The molecule has 1 atom stereocenters. The second kappa shape index (κ2) is 7.67. The van der Waals surface area contributed by atoms with Crippen LogP contribution < -0.4 is 10.1 Å². The molecular formula is C12H18N2O5. The number of rotatable bonds is 8. The SMILES string of the molecule is COCC(O)CNCc1cc([N+](=O)[O-])ccc1OC. The third-order valence-electron chi connectivity index (χ3n) is 2.53. The van der Waals surface area contributed by atoms with Crippen LogP contribution in [0.3, 0.4) is 0 Å². The topological polar surface area (TPSA) is 93.9 Å². The molecule has 1 unspecified atom stereocenters. The first-order valence-electron chi connectivity index (χ1n) is 5.77. The van der Waals surface area contributed by atoms with Gasteiger partial charge in [0.15, 0.2) is 0 Å². The van der Waals surface area contributed by atoms with Gasteiger partial charge in [0.1, 0.15) is 5.75 Å². The summed E-state index contributed by atoms with van der Waals surface area (Å²) in [5.74, 6) is 0.569. The molecule has 2 N–H and O–H groups in total. The fraction of sp³-hybridized carbons (Fsp3) is 0.500. The molecular weight excluding hydrogens is 252 g/mol. The molecule has 0 radical (unpaired) electrons. The minimum Gasteiger partial charge on any atom is -0.496 e. The molecule has 1 aromatic carbocycles. The van der Waals surface area contributed by atoms with Gasteiger partial charge in [-0.05, 0) is 6.07 Å². The second-order valence-electron chi connectivity index (χ2n) is 3.99. The predicted octanol–water partition coefficient (Wildman–Crippen LogP) is 0.700. The molecule has 0 aliphatic heterocycles. The van der Waals surface area contributed by atoms with E-state index in [1.807, 2.05) is 0 Å². The van der Waals surface area contributed by atoms with Crippen molar-refractivity contribution in [3.05, 3.63) is 33.9 Å². The first-order chi connectivity index (χ1) is 9.08. The lowest BCUT2D eigenvalue weighted by atomic mass is 10.1. The monoisotopic (exact) mass is 270 g/mol. The number of aliphatic hydroxyl groups excluding tert-OH is 1. The van der Waals surface area contributed by atoms with Gasteiger partial charge in [0.05, 0.1) is 24.7 Å². The highest BCUT2D eigenvalue weighted by Crippen LogP contribution is 2.23. The van der Waals surface area contributed by atoms with E-state index in [0.29, 0.717) is 24.4 Å². The number of nitro benzene ring substituents is 1. The number of methoxy groups -OCH3 is 2. The largest absolute Gasteiger partial charge is 0.496 e. The molecule has 0 fully saturated rings. The van der Waals surface area contributed by atoms with Gasteiger partial charge in [-0.2, -0.15) is 0 Å². The Labute approximate surface area is 111 Å². The van der Waals surface area contributed by atoms with Gasteiger partial charge in [0.25, 0.3) is 5.69 Å². The quantitative estimate of drug-likeness (QED) is 0.533. The van der Waals surface area contributed by atoms with Crippen LogP contribution in [0.25, 0.3) is 0 Å². The Hall–Kier alpha value is -1.70. The van der Waals surface area contributed by atoms with E-state index < -0.39 is 11.0 Å². The van der Waals surface area contributed by atoms with Crippen molar-refractivity contribution in [2.24, 2.45) is 0 Å². The summed E-state index contributed by atoms with van der Waals surface area (Å²) in [6, 6.07) is 4.40. The molecule has 0 bridgehead atoms. The normalized spacial score (nSPS) is 12.2. The molecule has 0 aliphatic carbocycles. The molecule has 0 saturated carbocycles. The van der Waals surface area contributed by atoms with E-state index in [-0.39, 0.29) is 12.3 Å². The van der Waals surface area contributed by atoms with E-state index in [9.17, 15) is 15.2 Å². The molecule has 106 valence electrons. The highest BCUT2D eigenvalue weighted by molar-refractivity contribution is 5.43. The van der Waals surface area contributed by atoms with E-state index in [4.69, 9.17) is 9.47 Å². The Morgan fingerprint density at radius 3 is 2.79 bits per heavy atom. The molecule has 0 saturated heterocycles. The first-order valence-corrected chi connectivity index (χ1v) is 5.77. The fourth-order valence-electron chi connectivity index (χ4n) is 1.64. The molecule has 1 aromatic rings. The summed E-state index contributed by atoms with van der Waals surface area (Å²) in [6.45, 7) is 0.935. The molecule has 0 aliphatic rings. The van der Waals surface area contributed by atoms with Crippen molar-refractivity contribution in [3.63, 3.8) is 0 Å². The average Bonchev–Trinajstić information content (AvgIpc) is 2.38. The summed E-state index contributed by atoms with van der Waals surface area (Å²) in [4.78, 5) is 10.3. The van der Waals surface area contributed by atoms with Crippen LogP contribution in [0.15, 0.2) is 18.2 Å².